The summed E-state index contributed by atoms with van der Waals surface area (Å²) in [6.45, 7) is 2.43. The van der Waals surface area contributed by atoms with Gasteiger partial charge in [0.15, 0.2) is 12.8 Å². The molecule has 0 spiro atoms. The topological polar surface area (TPSA) is 115 Å². The lowest BCUT2D eigenvalue weighted by atomic mass is 9.81. The molecule has 2 unspecified atom stereocenters. The molecular weight excluding hydrogens is 534 g/mol. The molecule has 2 N–H and O–H groups in total. The molecule has 10 nitrogen and oxygen atoms in total. The van der Waals surface area contributed by atoms with Crippen LogP contribution in [-0.4, -0.2) is 75.4 Å². The van der Waals surface area contributed by atoms with Gasteiger partial charge in [0.05, 0.1) is 12.3 Å². The van der Waals surface area contributed by atoms with Crippen LogP contribution in [0, 0.1) is 11.8 Å². The number of nitrogens with one attached hydrogen (secondary N) is 1. The molecule has 2 saturated heterocycles. The highest BCUT2D eigenvalue weighted by atomic mass is 16.7. The Labute approximate surface area is 244 Å². The first-order chi connectivity index (χ1) is 20.4. The van der Waals surface area contributed by atoms with Gasteiger partial charge in [-0.3, -0.25) is 19.4 Å². The quantitative estimate of drug-likeness (QED) is 0.557. The Bertz CT molecular complexity index is 1480. The number of phenols is 1. The fourth-order valence-electron chi connectivity index (χ4n) is 5.95. The minimum atomic E-state index is -0.864. The molecule has 4 amide bonds. The number of phenolic OH excluding ortho intramolecular Hbond substituents is 1. The van der Waals surface area contributed by atoms with Crippen molar-refractivity contribution in [2.24, 2.45) is 16.8 Å². The van der Waals surface area contributed by atoms with Crippen LogP contribution in [0.2, 0.25) is 0 Å². The summed E-state index contributed by atoms with van der Waals surface area (Å²) in [6.07, 6.45) is 9.36. The molecule has 4 aliphatic rings. The van der Waals surface area contributed by atoms with Crippen molar-refractivity contribution in [3.63, 3.8) is 0 Å². The summed E-state index contributed by atoms with van der Waals surface area (Å²) in [5.41, 5.74) is 3.55. The number of carbonyl (C=O) groups excluding carboxylic acids is 3. The molecule has 6 rings (SSSR count). The van der Waals surface area contributed by atoms with Crippen molar-refractivity contribution in [2.45, 2.75) is 32.1 Å². The van der Waals surface area contributed by atoms with E-state index in [2.05, 4.69) is 29.4 Å². The van der Waals surface area contributed by atoms with E-state index in [0.717, 1.165) is 22.4 Å². The van der Waals surface area contributed by atoms with Crippen molar-refractivity contribution >= 4 is 23.6 Å². The Morgan fingerprint density at radius 2 is 1.86 bits per heavy atom. The molecule has 42 heavy (non-hydrogen) atoms. The van der Waals surface area contributed by atoms with E-state index in [1.54, 1.807) is 29.2 Å². The number of benzene rings is 2. The summed E-state index contributed by atoms with van der Waals surface area (Å²) in [7, 11) is 0. The van der Waals surface area contributed by atoms with Gasteiger partial charge >= 0.3 is 6.03 Å². The van der Waals surface area contributed by atoms with Crippen LogP contribution in [0.1, 0.15) is 18.1 Å². The molecule has 0 bridgehead atoms. The molecule has 1 aliphatic carbocycles. The van der Waals surface area contributed by atoms with E-state index in [4.69, 9.17) is 4.84 Å². The van der Waals surface area contributed by atoms with E-state index in [0.29, 0.717) is 0 Å². The lowest BCUT2D eigenvalue weighted by Crippen LogP contribution is -2.73. The first kappa shape index (κ1) is 27.5. The standard InChI is InChI=1S/C32H33N5O5/c1-21-14-15-33-30-24(8-5-9-26(21)30)18-35-19-28-36(27(31(35)40)16-22-10-12-25(38)13-11-22)29(39)20-42-37(28)32(41)34-17-23-6-3-2-4-7-23/h2-15,21,26-28,38H,16-20H2,1H3,(H,34,41)/t21?,26?,27-,28-/m0/s1. The van der Waals surface area contributed by atoms with Crippen LogP contribution in [0.15, 0.2) is 95.7 Å². The third-order valence-electron chi connectivity index (χ3n) is 8.17. The number of hydrogen-bond donors (Lipinski definition) is 2. The zero-order valence-corrected chi connectivity index (χ0v) is 23.3. The molecule has 2 fully saturated rings. The average molecular weight is 568 g/mol. The number of nitrogens with zero attached hydrogens (tertiary/aromatic N) is 4. The van der Waals surface area contributed by atoms with Crippen LogP contribution in [0.5, 0.6) is 5.75 Å². The van der Waals surface area contributed by atoms with E-state index < -0.39 is 18.2 Å². The van der Waals surface area contributed by atoms with Crippen molar-refractivity contribution in [3.05, 3.63) is 102 Å². The maximum absolute atomic E-state index is 14.1. The number of hydroxylamine groups is 2. The highest BCUT2D eigenvalue weighted by Crippen LogP contribution is 2.31. The van der Waals surface area contributed by atoms with Crippen LogP contribution in [-0.2, 0) is 27.4 Å². The monoisotopic (exact) mass is 567 g/mol. The predicted octanol–water partition coefficient (Wildman–Crippen LogP) is 3.17. The Balaban J connectivity index is 1.29. The SMILES string of the molecule is CC1C=CN=C2C(CN3C[C@@H]4N(C(=O)NCc5ccccc5)OCC(=O)N4[C@@H](Cc4ccc(O)cc4)C3=O)=CC=CC21. The number of piperazine rings is 1. The van der Waals surface area contributed by atoms with Gasteiger partial charge in [-0.15, -0.1) is 0 Å². The molecule has 3 aliphatic heterocycles. The Hall–Kier alpha value is -4.70. The number of carbonyl (C=O) groups is 3. The fourth-order valence-corrected chi connectivity index (χ4v) is 5.95. The molecule has 3 heterocycles. The van der Waals surface area contributed by atoms with Gasteiger partial charge in [-0.1, -0.05) is 73.7 Å². The van der Waals surface area contributed by atoms with Crippen LogP contribution < -0.4 is 5.32 Å². The number of allylic oxidation sites excluding steroid dienone is 4. The molecule has 2 aromatic rings. The molecule has 4 atom stereocenters. The third-order valence-corrected chi connectivity index (χ3v) is 8.17. The lowest BCUT2D eigenvalue weighted by Gasteiger charge is -2.51. The zero-order chi connectivity index (χ0) is 29.2. The molecule has 216 valence electrons. The number of rotatable bonds is 6. The third kappa shape index (κ3) is 5.45. The first-order valence-electron chi connectivity index (χ1n) is 14.1. The fraction of sp³-hybridized carbons (Fsp3) is 0.312. The molecule has 2 aromatic carbocycles. The Morgan fingerprint density at radius 3 is 2.64 bits per heavy atom. The first-order valence-corrected chi connectivity index (χ1v) is 14.1. The van der Waals surface area contributed by atoms with Gasteiger partial charge in [0.2, 0.25) is 5.91 Å². The van der Waals surface area contributed by atoms with E-state index >= 15 is 0 Å². The minimum absolute atomic E-state index is 0.0831. The lowest BCUT2D eigenvalue weighted by molar-refractivity contribution is -0.235. The Kier molecular flexibility index (Phi) is 7.62. The second-order valence-corrected chi connectivity index (χ2v) is 10.9. The number of amides is 4. The molecule has 0 aromatic heterocycles. The van der Waals surface area contributed by atoms with E-state index in [9.17, 15) is 19.5 Å². The van der Waals surface area contributed by atoms with Crippen molar-refractivity contribution in [2.75, 3.05) is 19.7 Å². The van der Waals surface area contributed by atoms with Crippen LogP contribution >= 0.6 is 0 Å². The highest BCUT2D eigenvalue weighted by Gasteiger charge is 2.50. The minimum Gasteiger partial charge on any atom is -0.508 e. The van der Waals surface area contributed by atoms with Crippen molar-refractivity contribution in [3.8, 4) is 5.75 Å². The second kappa shape index (κ2) is 11.7. The number of aliphatic imine (C=N–C) groups is 1. The van der Waals surface area contributed by atoms with Crippen LogP contribution in [0.25, 0.3) is 0 Å². The van der Waals surface area contributed by atoms with E-state index in [1.807, 2.05) is 48.7 Å². The molecule has 10 heteroatoms. The van der Waals surface area contributed by atoms with Gasteiger partial charge in [0, 0.05) is 31.6 Å². The number of urea groups is 1. The maximum atomic E-state index is 14.1. The smallest absolute Gasteiger partial charge is 0.343 e. The molecular formula is C32H33N5O5. The summed E-state index contributed by atoms with van der Waals surface area (Å²) in [5, 5.41) is 13.8. The van der Waals surface area contributed by atoms with E-state index in [-0.39, 0.29) is 62.1 Å². The summed E-state index contributed by atoms with van der Waals surface area (Å²) in [6, 6.07) is 14.7. The molecule has 0 saturated carbocycles. The van der Waals surface area contributed by atoms with Gasteiger partial charge in [-0.25, -0.2) is 4.79 Å². The maximum Gasteiger partial charge on any atom is 0.343 e. The van der Waals surface area contributed by atoms with Crippen LogP contribution in [0.4, 0.5) is 4.79 Å². The largest absolute Gasteiger partial charge is 0.508 e. The van der Waals surface area contributed by atoms with Crippen LogP contribution in [0.3, 0.4) is 0 Å². The summed E-state index contributed by atoms with van der Waals surface area (Å²) in [5.74, 6) is -0.0645. The average Bonchev–Trinajstić information content (AvgIpc) is 3.00. The summed E-state index contributed by atoms with van der Waals surface area (Å²) >= 11 is 0. The second-order valence-electron chi connectivity index (χ2n) is 10.9. The van der Waals surface area contributed by atoms with Gasteiger partial charge in [0.1, 0.15) is 11.8 Å². The van der Waals surface area contributed by atoms with E-state index in [1.165, 1.54) is 9.96 Å². The van der Waals surface area contributed by atoms with Gasteiger partial charge in [-0.05, 0) is 34.8 Å². The van der Waals surface area contributed by atoms with Gasteiger partial charge < -0.3 is 20.2 Å². The zero-order valence-electron chi connectivity index (χ0n) is 23.3. The number of aromatic hydroxyl groups is 1. The number of fused-ring (bicyclic) bond motifs is 2. The molecule has 0 radical (unpaired) electrons. The van der Waals surface area contributed by atoms with Crippen molar-refractivity contribution < 1.29 is 24.3 Å². The van der Waals surface area contributed by atoms with Crippen molar-refractivity contribution in [1.82, 2.24) is 20.2 Å². The van der Waals surface area contributed by atoms with Gasteiger partial charge in [0.25, 0.3) is 5.91 Å². The highest BCUT2D eigenvalue weighted by molar-refractivity contribution is 6.06. The Morgan fingerprint density at radius 1 is 1.07 bits per heavy atom. The summed E-state index contributed by atoms with van der Waals surface area (Å²) in [4.78, 5) is 54.3. The summed E-state index contributed by atoms with van der Waals surface area (Å²) < 4.78 is 0. The van der Waals surface area contributed by atoms with Crippen molar-refractivity contribution in [1.29, 1.82) is 0 Å². The normalized spacial score (nSPS) is 25.0. The number of hydrogen-bond acceptors (Lipinski definition) is 6. The van der Waals surface area contributed by atoms with Gasteiger partial charge in [-0.2, -0.15) is 5.06 Å². The predicted molar refractivity (Wildman–Crippen MR) is 156 cm³/mol.